The van der Waals surface area contributed by atoms with Crippen LogP contribution in [0.5, 0.6) is 0 Å². The molecule has 0 aromatic carbocycles. The molecule has 0 spiro atoms. The van der Waals surface area contributed by atoms with Crippen molar-refractivity contribution in [2.75, 3.05) is 13.1 Å². The predicted octanol–water partition coefficient (Wildman–Crippen LogP) is 2.79. The number of nitrogens with zero attached hydrogens (tertiary/aromatic N) is 1. The van der Waals surface area contributed by atoms with Gasteiger partial charge < -0.3 is 10.2 Å². The minimum atomic E-state index is 0.120. The zero-order valence-corrected chi connectivity index (χ0v) is 11.2. The third-order valence-corrected chi connectivity index (χ3v) is 4.60. The van der Waals surface area contributed by atoms with Crippen LogP contribution < -0.4 is 5.73 Å². The summed E-state index contributed by atoms with van der Waals surface area (Å²) in [5.74, 6) is 2.80. The van der Waals surface area contributed by atoms with Gasteiger partial charge >= 0.3 is 0 Å². The van der Waals surface area contributed by atoms with Crippen LogP contribution in [0, 0.1) is 11.8 Å². The van der Waals surface area contributed by atoms with Crippen molar-refractivity contribution < 1.29 is 4.42 Å². The van der Waals surface area contributed by atoms with Gasteiger partial charge in [-0.2, -0.15) is 0 Å². The minimum Gasteiger partial charge on any atom is -0.468 e. The first-order chi connectivity index (χ1) is 8.74. The lowest BCUT2D eigenvalue weighted by molar-refractivity contribution is 0.0376. The predicted molar refractivity (Wildman–Crippen MR) is 72.1 cm³/mol. The van der Waals surface area contributed by atoms with E-state index < -0.39 is 0 Å². The van der Waals surface area contributed by atoms with Crippen molar-refractivity contribution >= 4 is 0 Å². The van der Waals surface area contributed by atoms with Crippen molar-refractivity contribution in [3.63, 3.8) is 0 Å². The van der Waals surface area contributed by atoms with Crippen LogP contribution in [0.1, 0.15) is 44.4 Å². The number of rotatable bonds is 3. The Morgan fingerprint density at radius 3 is 2.61 bits per heavy atom. The van der Waals surface area contributed by atoms with Gasteiger partial charge in [-0.15, -0.1) is 0 Å². The summed E-state index contributed by atoms with van der Waals surface area (Å²) in [7, 11) is 0. The number of nitrogens with two attached hydrogens (primary N) is 1. The summed E-state index contributed by atoms with van der Waals surface area (Å²) in [6, 6.07) is 4.41. The van der Waals surface area contributed by atoms with Gasteiger partial charge in [0.05, 0.1) is 12.3 Å². The van der Waals surface area contributed by atoms with Gasteiger partial charge in [0.15, 0.2) is 0 Å². The van der Waals surface area contributed by atoms with Gasteiger partial charge in [-0.05, 0) is 50.2 Å². The zero-order valence-electron chi connectivity index (χ0n) is 11.2. The summed E-state index contributed by atoms with van der Waals surface area (Å²) in [5, 5.41) is 0. The Hall–Kier alpha value is -0.800. The molecule has 2 heterocycles. The molecule has 2 bridgehead atoms. The number of hydrogen-bond donors (Lipinski definition) is 1. The zero-order chi connectivity index (χ0) is 12.5. The molecule has 3 rings (SSSR count). The van der Waals surface area contributed by atoms with Crippen molar-refractivity contribution in [1.82, 2.24) is 4.90 Å². The number of fused-ring (bicyclic) bond motifs is 2. The monoisotopic (exact) mass is 248 g/mol. The second kappa shape index (κ2) is 5.06. The summed E-state index contributed by atoms with van der Waals surface area (Å²) in [6.45, 7) is 4.49. The Balaban J connectivity index is 1.78. The normalized spacial score (nSPS) is 32.1. The number of furan rings is 1. The fourth-order valence-electron chi connectivity index (χ4n) is 3.93. The molecule has 0 amide bonds. The average Bonchev–Trinajstić information content (AvgIpc) is 2.82. The third kappa shape index (κ3) is 2.34. The Morgan fingerprint density at radius 1 is 1.33 bits per heavy atom. The molecule has 2 aliphatic rings. The molecule has 18 heavy (non-hydrogen) atoms. The fourth-order valence-corrected chi connectivity index (χ4v) is 3.93. The van der Waals surface area contributed by atoms with E-state index in [1.165, 1.54) is 38.8 Å². The number of likely N-dealkylation sites (tertiary alicyclic amines) is 1. The maximum Gasteiger partial charge on any atom is 0.122 e. The summed E-state index contributed by atoms with van der Waals surface area (Å²) < 4.78 is 5.61. The summed E-state index contributed by atoms with van der Waals surface area (Å²) in [4.78, 5) is 2.57. The third-order valence-electron chi connectivity index (χ3n) is 4.60. The standard InChI is InChI=1S/C15H24N2O/c1-11(16)15(14-6-3-7-18-14)17-9-12-4-2-5-13(8-12)10-17/h3,6-7,11-13,15H,2,4-5,8-10,16H2,1H3. The van der Waals surface area contributed by atoms with Crippen molar-refractivity contribution in [2.45, 2.75) is 44.7 Å². The molecule has 3 nitrogen and oxygen atoms in total. The van der Waals surface area contributed by atoms with Crippen LogP contribution in [0.15, 0.2) is 22.8 Å². The number of piperidine rings is 1. The molecule has 1 aromatic heterocycles. The van der Waals surface area contributed by atoms with Crippen molar-refractivity contribution in [1.29, 1.82) is 0 Å². The minimum absolute atomic E-state index is 0.120. The van der Waals surface area contributed by atoms with Gasteiger partial charge in [0.2, 0.25) is 0 Å². The molecular formula is C15H24N2O. The Labute approximate surface area is 109 Å². The molecule has 4 unspecified atom stereocenters. The molecule has 1 aliphatic carbocycles. The van der Waals surface area contributed by atoms with Crippen molar-refractivity contribution in [3.05, 3.63) is 24.2 Å². The van der Waals surface area contributed by atoms with Crippen LogP contribution in [0.4, 0.5) is 0 Å². The van der Waals surface area contributed by atoms with Crippen LogP contribution in [-0.2, 0) is 0 Å². The molecule has 0 radical (unpaired) electrons. The van der Waals surface area contributed by atoms with Crippen LogP contribution in [-0.4, -0.2) is 24.0 Å². The quantitative estimate of drug-likeness (QED) is 0.894. The molecule has 2 N–H and O–H groups in total. The fraction of sp³-hybridized carbons (Fsp3) is 0.733. The van der Waals surface area contributed by atoms with E-state index in [1.807, 2.05) is 6.07 Å². The van der Waals surface area contributed by atoms with Crippen LogP contribution in [0.2, 0.25) is 0 Å². The van der Waals surface area contributed by atoms with E-state index in [9.17, 15) is 0 Å². The van der Waals surface area contributed by atoms with Crippen LogP contribution in [0.3, 0.4) is 0 Å². The average molecular weight is 248 g/mol. The summed E-state index contributed by atoms with van der Waals surface area (Å²) in [5.41, 5.74) is 6.21. The second-order valence-electron chi connectivity index (χ2n) is 6.17. The maximum absolute atomic E-state index is 6.21. The smallest absolute Gasteiger partial charge is 0.122 e. The lowest BCUT2D eigenvalue weighted by atomic mass is 9.77. The first-order valence-electron chi connectivity index (χ1n) is 7.27. The van der Waals surface area contributed by atoms with Crippen LogP contribution in [0.25, 0.3) is 0 Å². The Kier molecular flexibility index (Phi) is 3.44. The first kappa shape index (κ1) is 12.2. The Bertz CT molecular complexity index is 362. The second-order valence-corrected chi connectivity index (χ2v) is 6.17. The maximum atomic E-state index is 6.21. The van der Waals surface area contributed by atoms with E-state index in [-0.39, 0.29) is 12.1 Å². The molecule has 1 saturated heterocycles. The molecule has 3 heteroatoms. The van der Waals surface area contributed by atoms with E-state index >= 15 is 0 Å². The highest BCUT2D eigenvalue weighted by atomic mass is 16.3. The van der Waals surface area contributed by atoms with E-state index in [1.54, 1.807) is 6.26 Å². The van der Waals surface area contributed by atoms with E-state index in [2.05, 4.69) is 17.9 Å². The number of hydrogen-bond acceptors (Lipinski definition) is 3. The summed E-state index contributed by atoms with van der Waals surface area (Å²) in [6.07, 6.45) is 7.41. The van der Waals surface area contributed by atoms with Crippen molar-refractivity contribution in [2.24, 2.45) is 17.6 Å². The highest BCUT2D eigenvalue weighted by Gasteiger charge is 2.36. The highest BCUT2D eigenvalue weighted by Crippen LogP contribution is 2.38. The van der Waals surface area contributed by atoms with Gasteiger partial charge in [-0.3, -0.25) is 4.90 Å². The van der Waals surface area contributed by atoms with Gasteiger partial charge in [-0.1, -0.05) is 6.42 Å². The molecule has 1 aliphatic heterocycles. The molecule has 4 atom stereocenters. The lowest BCUT2D eigenvalue weighted by Gasteiger charge is -2.45. The van der Waals surface area contributed by atoms with Gasteiger partial charge in [0, 0.05) is 19.1 Å². The topological polar surface area (TPSA) is 42.4 Å². The SMILES string of the molecule is CC(N)C(c1ccco1)N1CC2CCCC(C2)C1. The van der Waals surface area contributed by atoms with Gasteiger partial charge in [0.1, 0.15) is 5.76 Å². The highest BCUT2D eigenvalue weighted by molar-refractivity contribution is 5.08. The van der Waals surface area contributed by atoms with Gasteiger partial charge in [0.25, 0.3) is 0 Å². The van der Waals surface area contributed by atoms with E-state index in [0.717, 1.165) is 17.6 Å². The first-order valence-corrected chi connectivity index (χ1v) is 7.27. The molecule has 2 fully saturated rings. The van der Waals surface area contributed by atoms with Gasteiger partial charge in [-0.25, -0.2) is 0 Å². The largest absolute Gasteiger partial charge is 0.468 e. The molecule has 1 aromatic rings. The molecular weight excluding hydrogens is 224 g/mol. The van der Waals surface area contributed by atoms with E-state index in [0.29, 0.717) is 0 Å². The molecule has 1 saturated carbocycles. The summed E-state index contributed by atoms with van der Waals surface area (Å²) >= 11 is 0. The van der Waals surface area contributed by atoms with Crippen molar-refractivity contribution in [3.8, 4) is 0 Å². The molecule has 100 valence electrons. The Morgan fingerprint density at radius 2 is 2.06 bits per heavy atom. The van der Waals surface area contributed by atoms with E-state index in [4.69, 9.17) is 10.2 Å². The lowest BCUT2D eigenvalue weighted by Crippen LogP contribution is -2.48. The van der Waals surface area contributed by atoms with Crippen LogP contribution >= 0.6 is 0 Å².